The maximum atomic E-state index is 11.6. The smallest absolute Gasteiger partial charge is 0.326 e. The van der Waals surface area contributed by atoms with Crippen molar-refractivity contribution in [3.05, 3.63) is 65.7 Å². The van der Waals surface area contributed by atoms with Gasteiger partial charge in [0, 0.05) is 0 Å². The highest BCUT2D eigenvalue weighted by Crippen LogP contribution is 2.30. The summed E-state index contributed by atoms with van der Waals surface area (Å²) < 4.78 is 36.3. The number of benzene rings is 2. The highest BCUT2D eigenvalue weighted by atomic mass is 32.2. The molecule has 0 aliphatic heterocycles. The van der Waals surface area contributed by atoms with Crippen molar-refractivity contribution in [3.8, 4) is 0 Å². The first-order valence-electron chi connectivity index (χ1n) is 8.23. The van der Waals surface area contributed by atoms with Crippen molar-refractivity contribution in [2.45, 2.75) is 43.2 Å². The second-order valence-corrected chi connectivity index (χ2v) is 7.72. The molecule has 0 aromatic heterocycles. The molecule has 0 unspecified atom stereocenters. The SMILES string of the molecule is Cc1ccc(S(=O)(=O)[O-])cc1.NC1(C(=O)OCc2ccccc2)CCC1. The van der Waals surface area contributed by atoms with Crippen molar-refractivity contribution in [2.75, 3.05) is 0 Å². The molecule has 2 N–H and O–H groups in total. The van der Waals surface area contributed by atoms with Gasteiger partial charge in [-0.05, 0) is 43.9 Å². The fourth-order valence-corrected chi connectivity index (χ4v) is 2.80. The van der Waals surface area contributed by atoms with Gasteiger partial charge in [-0.1, -0.05) is 48.0 Å². The topological polar surface area (TPSA) is 110 Å². The molecule has 0 bridgehead atoms. The summed E-state index contributed by atoms with van der Waals surface area (Å²) in [4.78, 5) is 11.4. The zero-order valence-electron chi connectivity index (χ0n) is 14.6. The largest absolute Gasteiger partial charge is 0.744 e. The summed E-state index contributed by atoms with van der Waals surface area (Å²) in [7, 11) is -4.27. The molecule has 0 spiro atoms. The average molecular weight is 376 g/mol. The Labute approximate surface area is 153 Å². The van der Waals surface area contributed by atoms with Crippen LogP contribution in [0.2, 0.25) is 0 Å². The molecule has 2 aromatic rings. The van der Waals surface area contributed by atoms with Crippen LogP contribution in [0.15, 0.2) is 59.5 Å². The fourth-order valence-electron chi connectivity index (χ4n) is 2.33. The van der Waals surface area contributed by atoms with Crippen LogP contribution in [0.1, 0.15) is 30.4 Å². The molecule has 7 heteroatoms. The van der Waals surface area contributed by atoms with E-state index < -0.39 is 15.7 Å². The second kappa shape index (κ2) is 8.44. The van der Waals surface area contributed by atoms with Gasteiger partial charge in [0.1, 0.15) is 22.3 Å². The summed E-state index contributed by atoms with van der Waals surface area (Å²) in [5.74, 6) is -0.266. The first kappa shape index (κ1) is 20.1. The van der Waals surface area contributed by atoms with Crippen molar-refractivity contribution in [1.82, 2.24) is 0 Å². The Bertz CT molecular complexity index is 828. The number of ether oxygens (including phenoxy) is 1. The van der Waals surface area contributed by atoms with E-state index in [0.717, 1.165) is 30.4 Å². The molecule has 1 aliphatic carbocycles. The zero-order valence-corrected chi connectivity index (χ0v) is 15.4. The first-order valence-corrected chi connectivity index (χ1v) is 9.64. The summed E-state index contributed by atoms with van der Waals surface area (Å²) >= 11 is 0. The summed E-state index contributed by atoms with van der Waals surface area (Å²) in [6.07, 6.45) is 2.53. The maximum absolute atomic E-state index is 11.6. The molecule has 26 heavy (non-hydrogen) atoms. The van der Waals surface area contributed by atoms with Crippen LogP contribution in [0.5, 0.6) is 0 Å². The van der Waals surface area contributed by atoms with Crippen LogP contribution in [0.4, 0.5) is 0 Å². The first-order chi connectivity index (χ1) is 12.2. The van der Waals surface area contributed by atoms with Crippen molar-refractivity contribution in [2.24, 2.45) is 5.73 Å². The number of nitrogens with two attached hydrogens (primary N) is 1. The monoisotopic (exact) mass is 376 g/mol. The third kappa shape index (κ3) is 5.66. The van der Waals surface area contributed by atoms with Gasteiger partial charge in [0.25, 0.3) is 0 Å². The molecule has 1 saturated carbocycles. The van der Waals surface area contributed by atoms with E-state index in [9.17, 15) is 17.8 Å². The molecular weight excluding hydrogens is 354 g/mol. The molecular formula is C19H22NO5S-. The zero-order chi connectivity index (χ0) is 19.2. The fraction of sp³-hybridized carbons (Fsp3) is 0.316. The quantitative estimate of drug-likeness (QED) is 0.648. The molecule has 140 valence electrons. The van der Waals surface area contributed by atoms with Gasteiger partial charge in [-0.2, -0.15) is 0 Å². The predicted molar refractivity (Wildman–Crippen MR) is 96.1 cm³/mol. The Morgan fingerprint density at radius 3 is 2.15 bits per heavy atom. The van der Waals surface area contributed by atoms with Gasteiger partial charge in [-0.3, -0.25) is 4.79 Å². The number of esters is 1. The van der Waals surface area contributed by atoms with E-state index in [1.165, 1.54) is 12.1 Å². The van der Waals surface area contributed by atoms with Crippen LogP contribution in [0.3, 0.4) is 0 Å². The third-order valence-corrected chi connectivity index (χ3v) is 5.02. The van der Waals surface area contributed by atoms with E-state index in [2.05, 4.69) is 0 Å². The molecule has 1 fully saturated rings. The summed E-state index contributed by atoms with van der Waals surface area (Å²) in [5.41, 5.74) is 7.06. The number of hydrogen-bond donors (Lipinski definition) is 1. The van der Waals surface area contributed by atoms with Crippen LogP contribution in [0.25, 0.3) is 0 Å². The Morgan fingerprint density at radius 1 is 1.12 bits per heavy atom. The Hall–Kier alpha value is -2.22. The van der Waals surface area contributed by atoms with E-state index in [0.29, 0.717) is 6.61 Å². The minimum absolute atomic E-state index is 0.178. The lowest BCUT2D eigenvalue weighted by atomic mass is 9.78. The molecule has 0 heterocycles. The van der Waals surface area contributed by atoms with Gasteiger partial charge in [0.15, 0.2) is 0 Å². The van der Waals surface area contributed by atoms with E-state index in [-0.39, 0.29) is 10.9 Å². The molecule has 3 rings (SSSR count). The van der Waals surface area contributed by atoms with Crippen LogP contribution < -0.4 is 5.73 Å². The number of carbonyl (C=O) groups is 1. The molecule has 6 nitrogen and oxygen atoms in total. The normalized spacial score (nSPS) is 15.2. The lowest BCUT2D eigenvalue weighted by Gasteiger charge is -2.35. The molecule has 2 aromatic carbocycles. The van der Waals surface area contributed by atoms with Crippen molar-refractivity contribution in [3.63, 3.8) is 0 Å². The third-order valence-electron chi connectivity index (χ3n) is 4.17. The highest BCUT2D eigenvalue weighted by molar-refractivity contribution is 7.85. The standard InChI is InChI=1S/C12H15NO2.C7H8O3S/c13-12(7-4-8-12)11(14)15-9-10-5-2-1-3-6-10;1-6-2-4-7(5-3-6)11(8,9)10/h1-3,5-6H,4,7-9,13H2;2-5H,1H3,(H,8,9,10)/p-1. The highest BCUT2D eigenvalue weighted by Gasteiger charge is 2.41. The predicted octanol–water partition coefficient (Wildman–Crippen LogP) is 2.51. The van der Waals surface area contributed by atoms with E-state index in [4.69, 9.17) is 10.5 Å². The van der Waals surface area contributed by atoms with E-state index >= 15 is 0 Å². The number of rotatable bonds is 4. The Balaban J connectivity index is 0.000000197. The van der Waals surface area contributed by atoms with Crippen LogP contribution in [-0.2, 0) is 26.3 Å². The molecule has 0 atom stereocenters. The summed E-state index contributed by atoms with van der Waals surface area (Å²) in [6.45, 7) is 2.14. The average Bonchev–Trinajstić information content (AvgIpc) is 2.58. The van der Waals surface area contributed by atoms with Gasteiger partial charge >= 0.3 is 5.97 Å². The molecule has 1 aliphatic rings. The lowest BCUT2D eigenvalue weighted by Crippen LogP contribution is -2.54. The summed E-state index contributed by atoms with van der Waals surface area (Å²) in [6, 6.07) is 15.4. The van der Waals surface area contributed by atoms with Crippen molar-refractivity contribution in [1.29, 1.82) is 0 Å². The molecule has 0 radical (unpaired) electrons. The Morgan fingerprint density at radius 2 is 1.69 bits per heavy atom. The molecule has 0 amide bonds. The second-order valence-electron chi connectivity index (χ2n) is 6.34. The van der Waals surface area contributed by atoms with Crippen LogP contribution in [0, 0.1) is 6.92 Å². The van der Waals surface area contributed by atoms with Gasteiger partial charge in [0.05, 0.1) is 4.90 Å². The number of hydrogen-bond acceptors (Lipinski definition) is 6. The van der Waals surface area contributed by atoms with Crippen LogP contribution in [-0.4, -0.2) is 24.5 Å². The van der Waals surface area contributed by atoms with Gasteiger partial charge in [-0.25, -0.2) is 8.42 Å². The maximum Gasteiger partial charge on any atom is 0.326 e. The number of carbonyl (C=O) groups excluding carboxylic acids is 1. The van der Waals surface area contributed by atoms with E-state index in [1.54, 1.807) is 12.1 Å². The minimum Gasteiger partial charge on any atom is -0.744 e. The van der Waals surface area contributed by atoms with E-state index in [1.807, 2.05) is 37.3 Å². The van der Waals surface area contributed by atoms with Gasteiger partial charge in [-0.15, -0.1) is 0 Å². The molecule has 0 saturated heterocycles. The summed E-state index contributed by atoms with van der Waals surface area (Å²) in [5, 5.41) is 0. The van der Waals surface area contributed by atoms with Crippen molar-refractivity contribution < 1.29 is 22.5 Å². The van der Waals surface area contributed by atoms with Crippen LogP contribution >= 0.6 is 0 Å². The minimum atomic E-state index is -4.27. The number of aryl methyl sites for hydroxylation is 1. The van der Waals surface area contributed by atoms with Gasteiger partial charge in [0.2, 0.25) is 0 Å². The van der Waals surface area contributed by atoms with Crippen molar-refractivity contribution >= 4 is 16.1 Å². The van der Waals surface area contributed by atoms with Gasteiger partial charge < -0.3 is 15.0 Å². The Kier molecular flexibility index (Phi) is 6.52. The lowest BCUT2D eigenvalue weighted by molar-refractivity contribution is -0.155.